The summed E-state index contributed by atoms with van der Waals surface area (Å²) in [5, 5.41) is 9.60. The Balaban J connectivity index is 0.00000205. The van der Waals surface area contributed by atoms with Crippen LogP contribution in [0.3, 0.4) is 0 Å². The summed E-state index contributed by atoms with van der Waals surface area (Å²) in [6, 6.07) is 2.86. The van der Waals surface area contributed by atoms with Gasteiger partial charge in [-0.1, -0.05) is 50.6 Å². The third-order valence-corrected chi connectivity index (χ3v) is 5.48. The van der Waals surface area contributed by atoms with E-state index in [2.05, 4.69) is 37.6 Å². The average molecular weight is 507 g/mol. The van der Waals surface area contributed by atoms with Gasteiger partial charge in [-0.3, -0.25) is 0 Å². The molecule has 1 aliphatic carbocycles. The lowest BCUT2D eigenvalue weighted by molar-refractivity contribution is 0.122. The van der Waals surface area contributed by atoms with E-state index in [0.29, 0.717) is 31.3 Å². The van der Waals surface area contributed by atoms with E-state index in [1.54, 1.807) is 6.08 Å². The van der Waals surface area contributed by atoms with Gasteiger partial charge in [0.05, 0.1) is 13.2 Å². The number of rotatable bonds is 10. The highest BCUT2D eigenvalue weighted by Crippen LogP contribution is 2.36. The Morgan fingerprint density at radius 1 is 1.00 bits per heavy atom. The van der Waals surface area contributed by atoms with E-state index in [-0.39, 0.29) is 41.1 Å². The molecule has 0 amide bonds. The first-order valence-electron chi connectivity index (χ1n) is 11.4. The van der Waals surface area contributed by atoms with E-state index in [9.17, 15) is 22.7 Å². The second-order valence-electron chi connectivity index (χ2n) is 8.23. The summed E-state index contributed by atoms with van der Waals surface area (Å²) < 4.78 is 66.8. The number of methoxy groups -OCH3 is 1. The molecule has 7 heteroatoms. The Bertz CT molecular complexity index is 1040. The fourth-order valence-corrected chi connectivity index (χ4v) is 3.38. The lowest BCUT2D eigenvalue weighted by atomic mass is 9.82. The van der Waals surface area contributed by atoms with Crippen molar-refractivity contribution in [2.24, 2.45) is 0 Å². The zero-order valence-electron chi connectivity index (χ0n) is 20.9. The van der Waals surface area contributed by atoms with E-state index >= 15 is 0 Å². The Morgan fingerprint density at radius 3 is 2.14 bits per heavy atom. The fraction of sp³-hybridized carbons (Fsp3) is 0.310. The second kappa shape index (κ2) is 14.9. The van der Waals surface area contributed by atoms with Crippen molar-refractivity contribution in [3.05, 3.63) is 115 Å². The normalized spacial score (nSPS) is 17.9. The van der Waals surface area contributed by atoms with E-state index in [4.69, 9.17) is 4.74 Å². The van der Waals surface area contributed by atoms with Gasteiger partial charge in [0.15, 0.2) is 17.4 Å². The molecule has 0 heterocycles. The molecule has 1 aromatic carbocycles. The highest BCUT2D eigenvalue weighted by atomic mass is 19.2. The first-order chi connectivity index (χ1) is 17.0. The zero-order chi connectivity index (χ0) is 27.4. The van der Waals surface area contributed by atoms with Crippen molar-refractivity contribution in [1.29, 1.82) is 0 Å². The first-order valence-corrected chi connectivity index (χ1v) is 11.4. The van der Waals surface area contributed by atoms with E-state index < -0.39 is 29.0 Å². The van der Waals surface area contributed by atoms with Gasteiger partial charge in [-0.25, -0.2) is 8.78 Å². The third-order valence-electron chi connectivity index (χ3n) is 5.48. The van der Waals surface area contributed by atoms with Crippen LogP contribution in [0.25, 0.3) is 0 Å². The molecule has 0 unspecified atom stereocenters. The summed E-state index contributed by atoms with van der Waals surface area (Å²) in [5.74, 6) is -5.48. The molecule has 3 nitrogen and oxygen atoms in total. The van der Waals surface area contributed by atoms with Crippen LogP contribution in [0.5, 0.6) is 5.75 Å². The molecule has 1 N–H and O–H groups in total. The van der Waals surface area contributed by atoms with Gasteiger partial charge >= 0.3 is 0 Å². The van der Waals surface area contributed by atoms with Gasteiger partial charge in [0, 0.05) is 5.57 Å². The van der Waals surface area contributed by atoms with E-state index in [0.717, 1.165) is 7.11 Å². The van der Waals surface area contributed by atoms with Crippen LogP contribution in [0.2, 0.25) is 0 Å². The van der Waals surface area contributed by atoms with Gasteiger partial charge in [-0.05, 0) is 61.3 Å². The molecule has 1 aromatic rings. The summed E-state index contributed by atoms with van der Waals surface area (Å²) in [6.45, 7) is 19.1. The molecular formula is C29H34F4O3. The van der Waals surface area contributed by atoms with Crippen molar-refractivity contribution in [3.63, 3.8) is 0 Å². The molecule has 0 bridgehead atoms. The van der Waals surface area contributed by atoms with Crippen LogP contribution in [0.1, 0.15) is 44.1 Å². The lowest BCUT2D eigenvalue weighted by Crippen LogP contribution is -2.18. The number of hydrogen-bond donors (Lipinski definition) is 1. The van der Waals surface area contributed by atoms with Crippen LogP contribution in [0, 0.1) is 11.6 Å². The molecular weight excluding hydrogens is 472 g/mol. The maximum absolute atomic E-state index is 14.6. The Labute approximate surface area is 211 Å². The number of aliphatic hydroxyl groups is 1. The van der Waals surface area contributed by atoms with Gasteiger partial charge in [-0.15, -0.1) is 6.58 Å². The van der Waals surface area contributed by atoms with Gasteiger partial charge in [0.25, 0.3) is 0 Å². The van der Waals surface area contributed by atoms with Gasteiger partial charge in [0.2, 0.25) is 11.6 Å². The molecule has 2 rings (SSSR count). The van der Waals surface area contributed by atoms with Crippen LogP contribution in [-0.2, 0) is 4.74 Å². The Hall–Kier alpha value is -3.32. The Morgan fingerprint density at radius 2 is 1.58 bits per heavy atom. The highest BCUT2D eigenvalue weighted by Gasteiger charge is 2.25. The van der Waals surface area contributed by atoms with Crippen LogP contribution < -0.4 is 4.74 Å². The smallest absolute Gasteiger partial charge is 0.200 e. The van der Waals surface area contributed by atoms with Crippen molar-refractivity contribution >= 4 is 0 Å². The predicted molar refractivity (Wildman–Crippen MR) is 137 cm³/mol. The number of aliphatic hydroxyl groups excluding tert-OH is 1. The van der Waals surface area contributed by atoms with Crippen molar-refractivity contribution < 1.29 is 32.1 Å². The summed E-state index contributed by atoms with van der Waals surface area (Å²) in [7, 11) is 1.15. The summed E-state index contributed by atoms with van der Waals surface area (Å²) in [4.78, 5) is 0. The molecule has 0 saturated heterocycles. The average Bonchev–Trinajstić information content (AvgIpc) is 2.87. The molecule has 0 radical (unpaired) electrons. The fourth-order valence-electron chi connectivity index (χ4n) is 3.38. The summed E-state index contributed by atoms with van der Waals surface area (Å²) in [6.07, 6.45) is 6.42. The SMILES string of the molecule is C=C(/C=C\C(=C)C(=C)/C(F)=C(/F)C(=C)OC)COc1ccc(C2CCC(O)CC2)c(F)c1F.C=CC. The van der Waals surface area contributed by atoms with Crippen molar-refractivity contribution in [2.45, 2.75) is 44.6 Å². The molecule has 1 saturated carbocycles. The van der Waals surface area contributed by atoms with Crippen LogP contribution in [0.4, 0.5) is 17.6 Å². The number of allylic oxidation sites excluding steroid dienone is 6. The van der Waals surface area contributed by atoms with Crippen molar-refractivity contribution in [1.82, 2.24) is 0 Å². The number of benzene rings is 1. The van der Waals surface area contributed by atoms with E-state index in [1.807, 2.05) is 6.92 Å². The van der Waals surface area contributed by atoms with Crippen molar-refractivity contribution in [2.75, 3.05) is 13.7 Å². The number of hydrogen-bond acceptors (Lipinski definition) is 3. The standard InChI is InChI=1S/C26H28F4O3.C3H6/c1-15(6-7-16(2)17(3)23(27)24(28)18(4)32-5)14-33-22-13-12-21(25(29)26(22)30)19-8-10-20(31)11-9-19;1-3-2/h6-7,12-13,19-20,31H,1-4,8-11,14H2,5H3;3H,1H2,2H3/b7-6-,24-23-;. The quantitative estimate of drug-likeness (QED) is 0.151. The molecule has 0 spiro atoms. The highest BCUT2D eigenvalue weighted by molar-refractivity contribution is 5.49. The molecule has 0 aromatic heterocycles. The topological polar surface area (TPSA) is 38.7 Å². The number of ether oxygens (including phenoxy) is 2. The second-order valence-corrected chi connectivity index (χ2v) is 8.23. The third kappa shape index (κ3) is 8.72. The molecule has 0 atom stereocenters. The lowest BCUT2D eigenvalue weighted by Gasteiger charge is -2.26. The molecule has 36 heavy (non-hydrogen) atoms. The zero-order valence-corrected chi connectivity index (χ0v) is 20.9. The minimum Gasteiger partial charge on any atom is -0.494 e. The number of halogens is 4. The molecule has 1 aliphatic rings. The monoisotopic (exact) mass is 506 g/mol. The van der Waals surface area contributed by atoms with Gasteiger partial charge in [-0.2, -0.15) is 8.78 Å². The van der Waals surface area contributed by atoms with Gasteiger partial charge in [0.1, 0.15) is 12.4 Å². The largest absolute Gasteiger partial charge is 0.494 e. The maximum atomic E-state index is 14.6. The van der Waals surface area contributed by atoms with Crippen molar-refractivity contribution in [3.8, 4) is 5.75 Å². The molecule has 0 aliphatic heterocycles. The van der Waals surface area contributed by atoms with Crippen LogP contribution in [0.15, 0.2) is 97.4 Å². The molecule has 1 fully saturated rings. The molecule has 196 valence electrons. The maximum Gasteiger partial charge on any atom is 0.200 e. The van der Waals surface area contributed by atoms with E-state index in [1.165, 1.54) is 24.3 Å². The minimum atomic E-state index is -1.29. The minimum absolute atomic E-state index is 0.0619. The van der Waals surface area contributed by atoms with Crippen LogP contribution in [-0.4, -0.2) is 24.9 Å². The Kier molecular flexibility index (Phi) is 12.7. The summed E-state index contributed by atoms with van der Waals surface area (Å²) in [5.41, 5.74) is 0.375. The summed E-state index contributed by atoms with van der Waals surface area (Å²) >= 11 is 0. The van der Waals surface area contributed by atoms with Gasteiger partial charge < -0.3 is 14.6 Å². The first kappa shape index (κ1) is 30.7. The van der Waals surface area contributed by atoms with Crippen LogP contribution >= 0.6 is 0 Å². The predicted octanol–water partition coefficient (Wildman–Crippen LogP) is 8.09.